The zero-order valence-electron chi connectivity index (χ0n) is 13.2. The standard InChI is InChI=1S/C15H26N4O/c1-12(2)19(5)10-6-8-16-13-7-9-17-14(11-13)15(20)18(3)4/h7,9,11-12H,6,8,10H2,1-5H3,(H,16,17). The molecule has 0 saturated carbocycles. The van der Waals surface area contributed by atoms with Gasteiger partial charge < -0.3 is 15.1 Å². The minimum atomic E-state index is -0.0757. The van der Waals surface area contributed by atoms with Crippen molar-refractivity contribution in [2.75, 3.05) is 39.5 Å². The van der Waals surface area contributed by atoms with Crippen LogP contribution in [0.4, 0.5) is 5.69 Å². The van der Waals surface area contributed by atoms with Crippen molar-refractivity contribution in [1.82, 2.24) is 14.8 Å². The molecule has 0 aliphatic heterocycles. The predicted molar refractivity (Wildman–Crippen MR) is 83.1 cm³/mol. The number of hydrogen-bond acceptors (Lipinski definition) is 4. The summed E-state index contributed by atoms with van der Waals surface area (Å²) < 4.78 is 0. The van der Waals surface area contributed by atoms with E-state index in [-0.39, 0.29) is 5.91 Å². The Morgan fingerprint density at radius 1 is 1.35 bits per heavy atom. The number of anilines is 1. The van der Waals surface area contributed by atoms with Crippen LogP contribution >= 0.6 is 0 Å². The Hall–Kier alpha value is -1.62. The van der Waals surface area contributed by atoms with Gasteiger partial charge in [-0.15, -0.1) is 0 Å². The molecule has 112 valence electrons. The van der Waals surface area contributed by atoms with Crippen LogP contribution in [0, 0.1) is 0 Å². The first-order valence-electron chi connectivity index (χ1n) is 7.03. The Balaban J connectivity index is 2.45. The molecule has 0 radical (unpaired) electrons. The van der Waals surface area contributed by atoms with Gasteiger partial charge in [-0.1, -0.05) is 0 Å². The summed E-state index contributed by atoms with van der Waals surface area (Å²) >= 11 is 0. The molecule has 0 atom stereocenters. The smallest absolute Gasteiger partial charge is 0.272 e. The number of nitrogens with zero attached hydrogens (tertiary/aromatic N) is 3. The minimum absolute atomic E-state index is 0.0757. The fraction of sp³-hybridized carbons (Fsp3) is 0.600. The first-order valence-corrected chi connectivity index (χ1v) is 7.03. The van der Waals surface area contributed by atoms with Gasteiger partial charge in [-0.3, -0.25) is 9.78 Å². The van der Waals surface area contributed by atoms with Gasteiger partial charge in [0.2, 0.25) is 0 Å². The lowest BCUT2D eigenvalue weighted by atomic mass is 10.2. The van der Waals surface area contributed by atoms with E-state index in [4.69, 9.17) is 0 Å². The lowest BCUT2D eigenvalue weighted by Crippen LogP contribution is -2.28. The molecular formula is C15H26N4O. The van der Waals surface area contributed by atoms with Crippen LogP contribution in [-0.4, -0.2) is 61.0 Å². The van der Waals surface area contributed by atoms with Crippen molar-refractivity contribution in [2.45, 2.75) is 26.3 Å². The molecule has 0 saturated heterocycles. The fourth-order valence-electron chi connectivity index (χ4n) is 1.71. The van der Waals surface area contributed by atoms with Gasteiger partial charge in [0.1, 0.15) is 5.69 Å². The molecule has 0 unspecified atom stereocenters. The Bertz CT molecular complexity index is 432. The first-order chi connectivity index (χ1) is 9.41. The van der Waals surface area contributed by atoms with Crippen LogP contribution in [0.15, 0.2) is 18.3 Å². The number of nitrogens with one attached hydrogen (secondary N) is 1. The molecule has 1 heterocycles. The number of hydrogen-bond donors (Lipinski definition) is 1. The van der Waals surface area contributed by atoms with E-state index in [0.29, 0.717) is 11.7 Å². The maximum atomic E-state index is 11.8. The highest BCUT2D eigenvalue weighted by molar-refractivity contribution is 5.92. The Morgan fingerprint density at radius 3 is 2.65 bits per heavy atom. The second-order valence-electron chi connectivity index (χ2n) is 5.48. The van der Waals surface area contributed by atoms with E-state index in [9.17, 15) is 4.79 Å². The van der Waals surface area contributed by atoms with Gasteiger partial charge in [-0.25, -0.2) is 0 Å². The molecule has 1 aromatic rings. The quantitative estimate of drug-likeness (QED) is 0.774. The second-order valence-corrected chi connectivity index (χ2v) is 5.48. The Labute approximate surface area is 122 Å². The van der Waals surface area contributed by atoms with Gasteiger partial charge in [0.15, 0.2) is 0 Å². The molecule has 0 aliphatic rings. The zero-order chi connectivity index (χ0) is 15.1. The van der Waals surface area contributed by atoms with E-state index in [1.165, 1.54) is 4.90 Å². The molecule has 1 aromatic heterocycles. The molecule has 1 rings (SSSR count). The van der Waals surface area contributed by atoms with Crippen molar-refractivity contribution < 1.29 is 4.79 Å². The number of carbonyl (C=O) groups is 1. The van der Waals surface area contributed by atoms with Crippen molar-refractivity contribution in [2.24, 2.45) is 0 Å². The predicted octanol–water partition coefficient (Wildman–Crippen LogP) is 1.93. The minimum Gasteiger partial charge on any atom is -0.385 e. The van der Waals surface area contributed by atoms with E-state index in [0.717, 1.165) is 25.2 Å². The summed E-state index contributed by atoms with van der Waals surface area (Å²) in [6.45, 7) is 6.32. The number of carbonyl (C=O) groups excluding carboxylic acids is 1. The molecule has 0 spiro atoms. The molecule has 20 heavy (non-hydrogen) atoms. The van der Waals surface area contributed by atoms with E-state index in [1.807, 2.05) is 6.07 Å². The third-order valence-electron chi connectivity index (χ3n) is 3.28. The van der Waals surface area contributed by atoms with Crippen LogP contribution in [0.25, 0.3) is 0 Å². The maximum Gasteiger partial charge on any atom is 0.272 e. The van der Waals surface area contributed by atoms with Crippen LogP contribution in [0.3, 0.4) is 0 Å². The molecule has 1 N–H and O–H groups in total. The molecule has 0 aromatic carbocycles. The van der Waals surface area contributed by atoms with Gasteiger partial charge in [-0.05, 0) is 46.0 Å². The highest BCUT2D eigenvalue weighted by atomic mass is 16.2. The lowest BCUT2D eigenvalue weighted by Gasteiger charge is -2.20. The second kappa shape index (κ2) is 7.85. The molecule has 1 amide bonds. The largest absolute Gasteiger partial charge is 0.385 e. The van der Waals surface area contributed by atoms with E-state index >= 15 is 0 Å². The molecule has 5 nitrogen and oxygen atoms in total. The highest BCUT2D eigenvalue weighted by Gasteiger charge is 2.09. The molecule has 0 aliphatic carbocycles. The van der Waals surface area contributed by atoms with E-state index < -0.39 is 0 Å². The summed E-state index contributed by atoms with van der Waals surface area (Å²) in [5, 5.41) is 3.34. The first kappa shape index (κ1) is 16.4. The van der Waals surface area contributed by atoms with Crippen LogP contribution < -0.4 is 5.32 Å². The summed E-state index contributed by atoms with van der Waals surface area (Å²) in [7, 11) is 5.59. The van der Waals surface area contributed by atoms with Crippen LogP contribution in [0.1, 0.15) is 30.8 Å². The SMILES string of the molecule is CC(C)N(C)CCCNc1ccnc(C(=O)N(C)C)c1. The van der Waals surface area contributed by atoms with Crippen molar-refractivity contribution in [1.29, 1.82) is 0 Å². The normalized spacial score (nSPS) is 10.9. The van der Waals surface area contributed by atoms with Crippen molar-refractivity contribution in [3.05, 3.63) is 24.0 Å². The topological polar surface area (TPSA) is 48.5 Å². The average Bonchev–Trinajstić information content (AvgIpc) is 2.42. The summed E-state index contributed by atoms with van der Waals surface area (Å²) in [5.74, 6) is -0.0757. The van der Waals surface area contributed by atoms with Crippen molar-refractivity contribution in [3.63, 3.8) is 0 Å². The van der Waals surface area contributed by atoms with Crippen LogP contribution in [0.2, 0.25) is 0 Å². The van der Waals surface area contributed by atoms with Crippen molar-refractivity contribution in [3.8, 4) is 0 Å². The Morgan fingerprint density at radius 2 is 2.05 bits per heavy atom. The number of pyridine rings is 1. The lowest BCUT2D eigenvalue weighted by molar-refractivity contribution is 0.0822. The van der Waals surface area contributed by atoms with Crippen LogP contribution in [0.5, 0.6) is 0 Å². The molecular weight excluding hydrogens is 252 g/mol. The molecule has 0 fully saturated rings. The number of aromatic nitrogens is 1. The molecule has 0 bridgehead atoms. The summed E-state index contributed by atoms with van der Waals surface area (Å²) in [4.78, 5) is 19.8. The zero-order valence-corrected chi connectivity index (χ0v) is 13.2. The monoisotopic (exact) mass is 278 g/mol. The third kappa shape index (κ3) is 5.17. The third-order valence-corrected chi connectivity index (χ3v) is 3.28. The number of rotatable bonds is 7. The Kier molecular flexibility index (Phi) is 6.45. The van der Waals surface area contributed by atoms with Gasteiger partial charge in [0.25, 0.3) is 5.91 Å². The summed E-state index contributed by atoms with van der Waals surface area (Å²) in [5.41, 5.74) is 1.41. The van der Waals surface area contributed by atoms with Crippen LogP contribution in [-0.2, 0) is 0 Å². The van der Waals surface area contributed by atoms with Crippen molar-refractivity contribution >= 4 is 11.6 Å². The van der Waals surface area contributed by atoms with Gasteiger partial charge in [0, 0.05) is 38.6 Å². The van der Waals surface area contributed by atoms with E-state index in [2.05, 4.69) is 36.1 Å². The summed E-state index contributed by atoms with van der Waals surface area (Å²) in [6.07, 6.45) is 2.73. The van der Waals surface area contributed by atoms with Gasteiger partial charge in [-0.2, -0.15) is 0 Å². The highest BCUT2D eigenvalue weighted by Crippen LogP contribution is 2.09. The molecule has 5 heteroatoms. The summed E-state index contributed by atoms with van der Waals surface area (Å²) in [6, 6.07) is 4.26. The fourth-order valence-corrected chi connectivity index (χ4v) is 1.71. The van der Waals surface area contributed by atoms with E-state index in [1.54, 1.807) is 26.4 Å². The van der Waals surface area contributed by atoms with Gasteiger partial charge >= 0.3 is 0 Å². The maximum absolute atomic E-state index is 11.8. The average molecular weight is 278 g/mol. The number of amides is 1. The van der Waals surface area contributed by atoms with Gasteiger partial charge in [0.05, 0.1) is 0 Å².